The first-order chi connectivity index (χ1) is 16.3. The Bertz CT molecular complexity index is 816. The van der Waals surface area contributed by atoms with Crippen molar-refractivity contribution in [1.29, 1.82) is 0 Å². The van der Waals surface area contributed by atoms with Crippen molar-refractivity contribution in [3.05, 3.63) is 0 Å². The van der Waals surface area contributed by atoms with Gasteiger partial charge in [-0.1, -0.05) is 0 Å². The zero-order chi connectivity index (χ0) is 27.1. The van der Waals surface area contributed by atoms with Crippen LogP contribution >= 0.6 is 0 Å². The van der Waals surface area contributed by atoms with Gasteiger partial charge in [0.15, 0.2) is 5.96 Å². The van der Waals surface area contributed by atoms with Crippen LogP contribution in [0.2, 0.25) is 0 Å². The lowest BCUT2D eigenvalue weighted by Gasteiger charge is -2.24. The Morgan fingerprint density at radius 2 is 1.34 bits per heavy atom. The number of amides is 4. The van der Waals surface area contributed by atoms with Crippen molar-refractivity contribution in [3.63, 3.8) is 0 Å². The summed E-state index contributed by atoms with van der Waals surface area (Å²) < 4.78 is 0. The highest BCUT2D eigenvalue weighted by Gasteiger charge is 2.31. The van der Waals surface area contributed by atoms with Crippen molar-refractivity contribution < 1.29 is 44.1 Å². The Morgan fingerprint density at radius 3 is 1.83 bits per heavy atom. The molecule has 17 heteroatoms. The number of aliphatic imine (C=N–C) groups is 1. The maximum atomic E-state index is 12.8. The second-order valence-corrected chi connectivity index (χ2v) is 7.36. The number of guanidine groups is 1. The molecule has 4 atom stereocenters. The molecule has 0 aliphatic heterocycles. The van der Waals surface area contributed by atoms with Crippen LogP contribution in [0.1, 0.15) is 32.1 Å². The largest absolute Gasteiger partial charge is 0.481 e. The average molecular weight is 505 g/mol. The van der Waals surface area contributed by atoms with Gasteiger partial charge in [-0.25, -0.2) is 4.79 Å². The molecule has 14 N–H and O–H groups in total. The Balaban J connectivity index is 5.54. The molecular formula is C18H32N8O9. The minimum atomic E-state index is -1.74. The molecule has 17 nitrogen and oxygen atoms in total. The van der Waals surface area contributed by atoms with Crippen molar-refractivity contribution in [2.45, 2.75) is 56.3 Å². The standard InChI is InChI=1S/C18H32N8O9/c19-8(3-4-12(20)28)14(31)24-9(2-1-5-23-18(21)22)15(32)25-10(6-13(29)30)16(33)26-11(7-27)17(34)35/h8-11,27H,1-7,19H2,(H2,20,28)(H,24,31)(H,25,32)(H,26,33)(H,29,30)(H,34,35)(H4,21,22,23). The minimum Gasteiger partial charge on any atom is -0.481 e. The Morgan fingerprint density at radius 1 is 0.800 bits per heavy atom. The molecular weight excluding hydrogens is 472 g/mol. The molecule has 0 aromatic heterocycles. The summed E-state index contributed by atoms with van der Waals surface area (Å²) in [4.78, 5) is 74.4. The van der Waals surface area contributed by atoms with Gasteiger partial charge in [-0.2, -0.15) is 0 Å². The molecule has 0 rings (SSSR count). The monoisotopic (exact) mass is 504 g/mol. The number of nitrogens with one attached hydrogen (secondary N) is 3. The number of aliphatic carboxylic acids is 2. The number of carboxylic acids is 2. The number of rotatable bonds is 17. The van der Waals surface area contributed by atoms with Crippen molar-refractivity contribution in [2.75, 3.05) is 13.2 Å². The maximum absolute atomic E-state index is 12.8. The van der Waals surface area contributed by atoms with Crippen LogP contribution < -0.4 is 38.9 Å². The summed E-state index contributed by atoms with van der Waals surface area (Å²) in [6.07, 6.45) is -1.11. The molecule has 0 saturated heterocycles. The van der Waals surface area contributed by atoms with Gasteiger partial charge in [0, 0.05) is 13.0 Å². The second-order valence-electron chi connectivity index (χ2n) is 7.36. The maximum Gasteiger partial charge on any atom is 0.328 e. The van der Waals surface area contributed by atoms with Gasteiger partial charge in [-0.05, 0) is 19.3 Å². The van der Waals surface area contributed by atoms with E-state index < -0.39 is 72.8 Å². The predicted molar refractivity (Wildman–Crippen MR) is 119 cm³/mol. The SMILES string of the molecule is NC(=O)CCC(N)C(=O)NC(CCCN=C(N)N)C(=O)NC(CC(=O)O)C(=O)NC(CO)C(=O)O. The third-order valence-corrected chi connectivity index (χ3v) is 4.43. The Kier molecular flexibility index (Phi) is 14.0. The van der Waals surface area contributed by atoms with Crippen LogP contribution in [0, 0.1) is 0 Å². The van der Waals surface area contributed by atoms with E-state index in [1.54, 1.807) is 0 Å². The number of hydrogen-bond acceptors (Lipinski definition) is 9. The third-order valence-electron chi connectivity index (χ3n) is 4.43. The molecule has 4 amide bonds. The molecule has 0 spiro atoms. The van der Waals surface area contributed by atoms with Crippen LogP contribution in [0.25, 0.3) is 0 Å². The number of aliphatic hydroxyl groups excluding tert-OH is 1. The first-order valence-electron chi connectivity index (χ1n) is 10.3. The number of primary amides is 1. The molecule has 0 radical (unpaired) electrons. The van der Waals surface area contributed by atoms with Crippen molar-refractivity contribution in [2.24, 2.45) is 27.9 Å². The fraction of sp³-hybridized carbons (Fsp3) is 0.611. The van der Waals surface area contributed by atoms with E-state index in [1.807, 2.05) is 5.32 Å². The smallest absolute Gasteiger partial charge is 0.328 e. The van der Waals surface area contributed by atoms with Gasteiger partial charge in [-0.15, -0.1) is 0 Å². The van der Waals surface area contributed by atoms with Crippen molar-refractivity contribution in [1.82, 2.24) is 16.0 Å². The lowest BCUT2D eigenvalue weighted by molar-refractivity contribution is -0.144. The van der Waals surface area contributed by atoms with E-state index in [4.69, 9.17) is 38.3 Å². The van der Waals surface area contributed by atoms with Crippen LogP contribution in [-0.2, 0) is 28.8 Å². The topological polar surface area (TPSA) is 316 Å². The summed E-state index contributed by atoms with van der Waals surface area (Å²) in [5.74, 6) is -6.98. The van der Waals surface area contributed by atoms with Gasteiger partial charge in [0.05, 0.1) is 19.1 Å². The van der Waals surface area contributed by atoms with Crippen LogP contribution in [0.3, 0.4) is 0 Å². The average Bonchev–Trinajstić information content (AvgIpc) is 2.75. The predicted octanol–water partition coefficient (Wildman–Crippen LogP) is -5.36. The first-order valence-corrected chi connectivity index (χ1v) is 10.3. The summed E-state index contributed by atoms with van der Waals surface area (Å²) in [5, 5.41) is 33.5. The van der Waals surface area contributed by atoms with Gasteiger partial charge < -0.3 is 54.2 Å². The zero-order valence-corrected chi connectivity index (χ0v) is 18.8. The lowest BCUT2D eigenvalue weighted by atomic mass is 10.1. The fourth-order valence-corrected chi connectivity index (χ4v) is 2.59. The number of carbonyl (C=O) groups excluding carboxylic acids is 4. The summed E-state index contributed by atoms with van der Waals surface area (Å²) >= 11 is 0. The summed E-state index contributed by atoms with van der Waals surface area (Å²) in [6.45, 7) is -0.910. The van der Waals surface area contributed by atoms with Gasteiger partial charge in [0.2, 0.25) is 23.6 Å². The number of carboxylic acid groups (broad SMARTS) is 2. The molecule has 0 bridgehead atoms. The number of nitrogens with zero attached hydrogens (tertiary/aromatic N) is 1. The molecule has 0 heterocycles. The molecule has 0 aliphatic carbocycles. The number of aliphatic hydroxyl groups is 1. The van der Waals surface area contributed by atoms with E-state index in [9.17, 15) is 28.8 Å². The molecule has 35 heavy (non-hydrogen) atoms. The Labute approximate surface area is 199 Å². The normalized spacial score (nSPS) is 13.9. The molecule has 4 unspecified atom stereocenters. The third kappa shape index (κ3) is 13.3. The van der Waals surface area contributed by atoms with E-state index in [-0.39, 0.29) is 38.2 Å². The van der Waals surface area contributed by atoms with Crippen molar-refractivity contribution >= 4 is 41.5 Å². The minimum absolute atomic E-state index is 0.0628. The Hall–Kier alpha value is -3.99. The van der Waals surface area contributed by atoms with E-state index in [0.29, 0.717) is 0 Å². The lowest BCUT2D eigenvalue weighted by Crippen LogP contribution is -2.57. The van der Waals surface area contributed by atoms with Gasteiger partial charge >= 0.3 is 11.9 Å². The summed E-state index contributed by atoms with van der Waals surface area (Å²) in [6, 6.07) is -6.01. The highest BCUT2D eigenvalue weighted by Crippen LogP contribution is 2.04. The van der Waals surface area contributed by atoms with Gasteiger partial charge in [-0.3, -0.25) is 29.0 Å². The number of carbonyl (C=O) groups is 6. The quantitative estimate of drug-likeness (QED) is 0.0504. The van der Waals surface area contributed by atoms with E-state index >= 15 is 0 Å². The van der Waals surface area contributed by atoms with E-state index in [1.165, 1.54) is 0 Å². The summed E-state index contributed by atoms with van der Waals surface area (Å²) in [5.41, 5.74) is 21.2. The molecule has 198 valence electrons. The molecule has 0 fully saturated rings. The number of hydrogen-bond donors (Lipinski definition) is 10. The number of nitrogens with two attached hydrogens (primary N) is 4. The van der Waals surface area contributed by atoms with Crippen LogP contribution in [-0.4, -0.2) is 94.2 Å². The van der Waals surface area contributed by atoms with Crippen molar-refractivity contribution in [3.8, 4) is 0 Å². The highest BCUT2D eigenvalue weighted by molar-refractivity contribution is 5.95. The van der Waals surface area contributed by atoms with Gasteiger partial charge in [0.1, 0.15) is 18.1 Å². The molecule has 0 saturated carbocycles. The fourth-order valence-electron chi connectivity index (χ4n) is 2.59. The highest BCUT2D eigenvalue weighted by atomic mass is 16.4. The molecule has 0 aromatic rings. The summed E-state index contributed by atoms with van der Waals surface area (Å²) in [7, 11) is 0. The molecule has 0 aliphatic rings. The van der Waals surface area contributed by atoms with Gasteiger partial charge in [0.25, 0.3) is 0 Å². The van der Waals surface area contributed by atoms with Crippen LogP contribution in [0.4, 0.5) is 0 Å². The van der Waals surface area contributed by atoms with Crippen LogP contribution in [0.15, 0.2) is 4.99 Å². The van der Waals surface area contributed by atoms with E-state index in [0.717, 1.165) is 0 Å². The first kappa shape index (κ1) is 31.0. The van der Waals surface area contributed by atoms with Crippen LogP contribution in [0.5, 0.6) is 0 Å². The van der Waals surface area contributed by atoms with E-state index in [2.05, 4.69) is 15.6 Å². The molecule has 0 aromatic carbocycles. The second kappa shape index (κ2) is 15.8. The zero-order valence-electron chi connectivity index (χ0n) is 18.8.